The van der Waals surface area contributed by atoms with Gasteiger partial charge in [-0.2, -0.15) is 0 Å². The number of fused-ring (bicyclic) bond motifs is 1. The number of benzene rings is 1. The van der Waals surface area contributed by atoms with Crippen molar-refractivity contribution in [2.45, 2.75) is 11.5 Å². The van der Waals surface area contributed by atoms with Crippen molar-refractivity contribution < 1.29 is 17.9 Å². The highest BCUT2D eigenvalue weighted by atomic mass is 32.2. The van der Waals surface area contributed by atoms with E-state index in [1.807, 2.05) is 0 Å². The van der Waals surface area contributed by atoms with Crippen LogP contribution in [0.15, 0.2) is 33.8 Å². The van der Waals surface area contributed by atoms with Crippen molar-refractivity contribution in [3.63, 3.8) is 0 Å². The Morgan fingerprint density at radius 1 is 1.31 bits per heavy atom. The SMILES string of the molecule is NS(=O)(=O)c1cc2cc(CCO)ccc2o1. The molecule has 0 fully saturated rings. The number of hydrogen-bond donors (Lipinski definition) is 2. The van der Waals surface area contributed by atoms with Crippen molar-refractivity contribution in [3.8, 4) is 0 Å². The molecular formula is C10H11NO4S. The molecule has 1 aromatic carbocycles. The molecule has 2 aromatic rings. The molecule has 2 rings (SSSR count). The Kier molecular flexibility index (Phi) is 2.71. The van der Waals surface area contributed by atoms with Crippen LogP contribution >= 0.6 is 0 Å². The second-order valence-corrected chi connectivity index (χ2v) is 4.95. The third kappa shape index (κ3) is 2.08. The number of hydrogen-bond acceptors (Lipinski definition) is 4. The van der Waals surface area contributed by atoms with Crippen molar-refractivity contribution in [1.82, 2.24) is 0 Å². The highest BCUT2D eigenvalue weighted by molar-refractivity contribution is 7.89. The van der Waals surface area contributed by atoms with Gasteiger partial charge in [0.1, 0.15) is 5.58 Å². The summed E-state index contributed by atoms with van der Waals surface area (Å²) in [5.74, 6) is 0. The van der Waals surface area contributed by atoms with E-state index < -0.39 is 10.0 Å². The fraction of sp³-hybridized carbons (Fsp3) is 0.200. The van der Waals surface area contributed by atoms with Crippen LogP contribution in [0.25, 0.3) is 11.0 Å². The molecule has 1 heterocycles. The van der Waals surface area contributed by atoms with Crippen LogP contribution in [0, 0.1) is 0 Å². The van der Waals surface area contributed by atoms with Crippen LogP contribution in [0.1, 0.15) is 5.56 Å². The van der Waals surface area contributed by atoms with Crippen LogP contribution in [0.4, 0.5) is 0 Å². The molecule has 0 aliphatic rings. The maximum atomic E-state index is 11.1. The largest absolute Gasteiger partial charge is 0.443 e. The first-order valence-corrected chi connectivity index (χ1v) is 6.21. The first-order valence-electron chi connectivity index (χ1n) is 4.67. The minimum atomic E-state index is -3.81. The highest BCUT2D eigenvalue weighted by Gasteiger charge is 2.14. The fourth-order valence-corrected chi connectivity index (χ4v) is 1.99. The standard InChI is InChI=1S/C10H11NO4S/c11-16(13,14)10-6-8-5-7(3-4-12)1-2-9(8)15-10/h1-2,5-6,12H,3-4H2,(H2,11,13,14). The maximum absolute atomic E-state index is 11.1. The summed E-state index contributed by atoms with van der Waals surface area (Å²) in [6.45, 7) is 0.0470. The average Bonchev–Trinajstić information content (AvgIpc) is 2.60. The minimum absolute atomic E-state index is 0.0470. The number of aliphatic hydroxyl groups excluding tert-OH is 1. The Morgan fingerprint density at radius 2 is 2.06 bits per heavy atom. The molecule has 5 nitrogen and oxygen atoms in total. The molecule has 0 aliphatic heterocycles. The van der Waals surface area contributed by atoms with E-state index in [-0.39, 0.29) is 11.7 Å². The van der Waals surface area contributed by atoms with Crippen LogP contribution in [0.3, 0.4) is 0 Å². The van der Waals surface area contributed by atoms with Gasteiger partial charge in [-0.05, 0) is 24.1 Å². The Balaban J connectivity index is 2.54. The van der Waals surface area contributed by atoms with Gasteiger partial charge in [-0.1, -0.05) is 6.07 Å². The van der Waals surface area contributed by atoms with E-state index in [0.717, 1.165) is 5.56 Å². The van der Waals surface area contributed by atoms with E-state index in [2.05, 4.69) is 0 Å². The zero-order chi connectivity index (χ0) is 11.8. The van der Waals surface area contributed by atoms with E-state index in [9.17, 15) is 8.42 Å². The van der Waals surface area contributed by atoms with Gasteiger partial charge in [0.05, 0.1) is 0 Å². The number of furan rings is 1. The van der Waals surface area contributed by atoms with Crippen molar-refractivity contribution in [3.05, 3.63) is 29.8 Å². The summed E-state index contributed by atoms with van der Waals surface area (Å²) in [6, 6.07) is 6.58. The Hall–Kier alpha value is -1.37. The molecule has 0 spiro atoms. The Labute approximate surface area is 92.5 Å². The van der Waals surface area contributed by atoms with E-state index in [0.29, 0.717) is 17.4 Å². The highest BCUT2D eigenvalue weighted by Crippen LogP contribution is 2.23. The number of aliphatic hydroxyl groups is 1. The Bertz CT molecular complexity index is 615. The van der Waals surface area contributed by atoms with Gasteiger partial charge in [0.15, 0.2) is 0 Å². The number of nitrogens with two attached hydrogens (primary N) is 1. The minimum Gasteiger partial charge on any atom is -0.443 e. The normalized spacial score (nSPS) is 12.1. The van der Waals surface area contributed by atoms with Crippen molar-refractivity contribution in [2.75, 3.05) is 6.61 Å². The van der Waals surface area contributed by atoms with Gasteiger partial charge < -0.3 is 9.52 Å². The average molecular weight is 241 g/mol. The summed E-state index contributed by atoms with van der Waals surface area (Å²) in [5.41, 5.74) is 1.38. The van der Waals surface area contributed by atoms with Gasteiger partial charge in [-0.3, -0.25) is 0 Å². The van der Waals surface area contributed by atoms with Crippen LogP contribution in [0.5, 0.6) is 0 Å². The van der Waals surface area contributed by atoms with Gasteiger partial charge in [0.2, 0.25) is 5.09 Å². The van der Waals surface area contributed by atoms with Crippen molar-refractivity contribution >= 4 is 21.0 Å². The summed E-state index contributed by atoms with van der Waals surface area (Å²) >= 11 is 0. The van der Waals surface area contributed by atoms with Crippen molar-refractivity contribution in [1.29, 1.82) is 0 Å². The molecule has 6 heteroatoms. The zero-order valence-corrected chi connectivity index (χ0v) is 9.20. The second kappa shape index (κ2) is 3.89. The predicted octanol–water partition coefficient (Wildman–Crippen LogP) is 0.615. The molecule has 0 radical (unpaired) electrons. The van der Waals surface area contributed by atoms with E-state index in [1.54, 1.807) is 18.2 Å². The quantitative estimate of drug-likeness (QED) is 0.823. The first kappa shape index (κ1) is 11.1. The van der Waals surface area contributed by atoms with Crippen LogP contribution < -0.4 is 5.14 Å². The predicted molar refractivity (Wildman–Crippen MR) is 58.4 cm³/mol. The summed E-state index contributed by atoms with van der Waals surface area (Å²) in [4.78, 5) is 0. The van der Waals surface area contributed by atoms with Gasteiger partial charge in [-0.25, -0.2) is 13.6 Å². The molecule has 0 unspecified atom stereocenters. The molecule has 0 saturated heterocycles. The number of sulfonamides is 1. The van der Waals surface area contributed by atoms with Gasteiger partial charge in [-0.15, -0.1) is 0 Å². The summed E-state index contributed by atoms with van der Waals surface area (Å²) < 4.78 is 27.2. The molecule has 0 aliphatic carbocycles. The van der Waals surface area contributed by atoms with Crippen LogP contribution in [0.2, 0.25) is 0 Å². The lowest BCUT2D eigenvalue weighted by Gasteiger charge is -1.96. The molecule has 16 heavy (non-hydrogen) atoms. The molecule has 1 aromatic heterocycles. The first-order chi connectivity index (χ1) is 7.50. The summed E-state index contributed by atoms with van der Waals surface area (Å²) in [5, 5.41) is 14.2. The molecule has 0 atom stereocenters. The lowest BCUT2D eigenvalue weighted by molar-refractivity contribution is 0.299. The maximum Gasteiger partial charge on any atom is 0.271 e. The zero-order valence-electron chi connectivity index (χ0n) is 8.38. The molecule has 3 N–H and O–H groups in total. The van der Waals surface area contributed by atoms with Crippen LogP contribution in [-0.2, 0) is 16.4 Å². The smallest absolute Gasteiger partial charge is 0.271 e. The van der Waals surface area contributed by atoms with Gasteiger partial charge in [0.25, 0.3) is 10.0 Å². The van der Waals surface area contributed by atoms with E-state index in [4.69, 9.17) is 14.7 Å². The third-order valence-electron chi connectivity index (χ3n) is 2.24. The van der Waals surface area contributed by atoms with Gasteiger partial charge in [0, 0.05) is 18.1 Å². The molecule has 0 amide bonds. The van der Waals surface area contributed by atoms with Gasteiger partial charge >= 0.3 is 0 Å². The lowest BCUT2D eigenvalue weighted by Crippen LogP contribution is -2.10. The number of primary sulfonamides is 1. The second-order valence-electron chi connectivity index (χ2n) is 3.46. The Morgan fingerprint density at radius 3 is 2.69 bits per heavy atom. The summed E-state index contributed by atoms with van der Waals surface area (Å²) in [6.07, 6.45) is 0.520. The molecular weight excluding hydrogens is 230 g/mol. The molecule has 0 bridgehead atoms. The van der Waals surface area contributed by atoms with E-state index >= 15 is 0 Å². The number of rotatable bonds is 3. The molecule has 0 saturated carbocycles. The monoisotopic (exact) mass is 241 g/mol. The van der Waals surface area contributed by atoms with E-state index in [1.165, 1.54) is 6.07 Å². The van der Waals surface area contributed by atoms with Crippen molar-refractivity contribution in [2.24, 2.45) is 5.14 Å². The topological polar surface area (TPSA) is 93.5 Å². The van der Waals surface area contributed by atoms with Crippen LogP contribution in [-0.4, -0.2) is 20.1 Å². The molecule has 86 valence electrons. The third-order valence-corrected chi connectivity index (χ3v) is 3.00. The fourth-order valence-electron chi connectivity index (χ4n) is 1.49. The lowest BCUT2D eigenvalue weighted by atomic mass is 10.1. The summed E-state index contributed by atoms with van der Waals surface area (Å²) in [7, 11) is -3.81.